The Morgan fingerprint density at radius 1 is 1.25 bits per heavy atom. The number of benzene rings is 1. The van der Waals surface area contributed by atoms with Crippen LogP contribution in [0.2, 0.25) is 0 Å². The van der Waals surface area contributed by atoms with Crippen LogP contribution in [0.1, 0.15) is 19.4 Å². The molecule has 0 aliphatic carbocycles. The summed E-state index contributed by atoms with van der Waals surface area (Å²) in [6, 6.07) is 9.98. The third-order valence-electron chi connectivity index (χ3n) is 3.34. The van der Waals surface area contributed by atoms with E-state index in [0.29, 0.717) is 19.8 Å². The van der Waals surface area contributed by atoms with Crippen LogP contribution in [0.25, 0.3) is 0 Å². The molecule has 5 nitrogen and oxygen atoms in total. The molecule has 1 aromatic rings. The second kappa shape index (κ2) is 5.80. The van der Waals surface area contributed by atoms with E-state index in [2.05, 4.69) is 11.4 Å². The maximum atomic E-state index is 9.38. The van der Waals surface area contributed by atoms with Crippen molar-refractivity contribution in [3.8, 4) is 11.8 Å². The zero-order chi connectivity index (χ0) is 14.6. The second-order valence-electron chi connectivity index (χ2n) is 5.37. The smallest absolute Gasteiger partial charge is 0.163 e. The van der Waals surface area contributed by atoms with Gasteiger partial charge in [0.15, 0.2) is 11.3 Å². The normalized spacial score (nSPS) is 20.1. The topological polar surface area (TPSA) is 63.5 Å². The van der Waals surface area contributed by atoms with Crippen LogP contribution in [0.4, 0.5) is 0 Å². The van der Waals surface area contributed by atoms with Crippen molar-refractivity contribution >= 4 is 0 Å². The molecule has 0 bridgehead atoms. The van der Waals surface area contributed by atoms with Gasteiger partial charge in [-0.1, -0.05) is 12.1 Å². The molecule has 0 saturated carbocycles. The number of ether oxygens (including phenoxy) is 3. The fraction of sp³-hybridized carbons (Fsp3) is 0.533. The summed E-state index contributed by atoms with van der Waals surface area (Å²) in [5, 5.41) is 12.6. The highest BCUT2D eigenvalue weighted by atomic mass is 16.7. The molecule has 0 aromatic heterocycles. The molecule has 0 atom stereocenters. The van der Waals surface area contributed by atoms with Gasteiger partial charge in [0.05, 0.1) is 26.4 Å². The monoisotopic (exact) mass is 276 g/mol. The first kappa shape index (κ1) is 14.8. The van der Waals surface area contributed by atoms with Crippen molar-refractivity contribution in [3.63, 3.8) is 0 Å². The van der Waals surface area contributed by atoms with E-state index in [0.717, 1.165) is 11.3 Å². The number of nitrogens with zero attached hydrogens (tertiary/aromatic N) is 1. The van der Waals surface area contributed by atoms with Crippen molar-refractivity contribution in [2.75, 3.05) is 20.3 Å². The molecule has 1 aromatic carbocycles. The molecule has 1 saturated heterocycles. The predicted molar refractivity (Wildman–Crippen MR) is 74.2 cm³/mol. The van der Waals surface area contributed by atoms with E-state index in [1.54, 1.807) is 7.11 Å². The lowest BCUT2D eigenvalue weighted by Crippen LogP contribution is -2.58. The molecular weight excluding hydrogens is 256 g/mol. The Balaban J connectivity index is 1.95. The van der Waals surface area contributed by atoms with Gasteiger partial charge in [-0.15, -0.1) is 0 Å². The molecule has 0 spiro atoms. The molecule has 5 heteroatoms. The van der Waals surface area contributed by atoms with E-state index >= 15 is 0 Å². The summed E-state index contributed by atoms with van der Waals surface area (Å²) in [6.07, 6.45) is 0. The number of hydrogen-bond acceptors (Lipinski definition) is 5. The molecule has 1 fully saturated rings. The Labute approximate surface area is 119 Å². The summed E-state index contributed by atoms with van der Waals surface area (Å²) >= 11 is 0. The van der Waals surface area contributed by atoms with Crippen molar-refractivity contribution < 1.29 is 14.2 Å². The van der Waals surface area contributed by atoms with Crippen molar-refractivity contribution in [1.82, 2.24) is 5.32 Å². The first-order valence-electron chi connectivity index (χ1n) is 6.56. The zero-order valence-electron chi connectivity index (χ0n) is 12.1. The van der Waals surface area contributed by atoms with Gasteiger partial charge in [0, 0.05) is 6.54 Å². The summed E-state index contributed by atoms with van der Waals surface area (Å²) in [5.74, 6) is 0.192. The van der Waals surface area contributed by atoms with Gasteiger partial charge >= 0.3 is 0 Å². The van der Waals surface area contributed by atoms with Gasteiger partial charge in [0.25, 0.3) is 0 Å². The Morgan fingerprint density at radius 3 is 2.35 bits per heavy atom. The lowest BCUT2D eigenvalue weighted by molar-refractivity contribution is -0.263. The Bertz CT molecular complexity index is 481. The Kier molecular flexibility index (Phi) is 4.29. The van der Waals surface area contributed by atoms with E-state index < -0.39 is 11.3 Å². The van der Waals surface area contributed by atoms with Crippen LogP contribution in [-0.2, 0) is 16.0 Å². The predicted octanol–water partition coefficient (Wildman–Crippen LogP) is 1.83. The number of nitrogens with one attached hydrogen (secondary N) is 1. The van der Waals surface area contributed by atoms with Crippen molar-refractivity contribution in [3.05, 3.63) is 29.8 Å². The summed E-state index contributed by atoms with van der Waals surface area (Å²) in [6.45, 7) is 4.89. The highest BCUT2D eigenvalue weighted by molar-refractivity contribution is 5.27. The van der Waals surface area contributed by atoms with Crippen LogP contribution in [0, 0.1) is 11.3 Å². The molecule has 0 amide bonds. The number of methoxy groups -OCH3 is 1. The average molecular weight is 276 g/mol. The van der Waals surface area contributed by atoms with Gasteiger partial charge in [-0.05, 0) is 31.5 Å². The quantitative estimate of drug-likeness (QED) is 0.909. The summed E-state index contributed by atoms with van der Waals surface area (Å²) in [4.78, 5) is 0. The maximum Gasteiger partial charge on any atom is 0.163 e. The highest BCUT2D eigenvalue weighted by Gasteiger charge is 2.40. The fourth-order valence-electron chi connectivity index (χ4n) is 1.90. The Hall–Kier alpha value is -1.61. The first-order valence-corrected chi connectivity index (χ1v) is 6.56. The van der Waals surface area contributed by atoms with Crippen LogP contribution in [0.15, 0.2) is 24.3 Å². The van der Waals surface area contributed by atoms with Crippen LogP contribution < -0.4 is 10.1 Å². The molecule has 108 valence electrons. The van der Waals surface area contributed by atoms with Gasteiger partial charge in [-0.3, -0.25) is 5.32 Å². The minimum absolute atomic E-state index is 0.312. The molecule has 1 N–H and O–H groups in total. The van der Waals surface area contributed by atoms with Crippen molar-refractivity contribution in [2.24, 2.45) is 0 Å². The largest absolute Gasteiger partial charge is 0.497 e. The van der Waals surface area contributed by atoms with E-state index in [1.807, 2.05) is 38.1 Å². The van der Waals surface area contributed by atoms with Gasteiger partial charge in [-0.25, -0.2) is 0 Å². The molecule has 0 unspecified atom stereocenters. The fourth-order valence-corrected chi connectivity index (χ4v) is 1.90. The van der Waals surface area contributed by atoms with Gasteiger partial charge in [-0.2, -0.15) is 5.26 Å². The minimum Gasteiger partial charge on any atom is -0.497 e. The standard InChI is InChI=1S/C15H20N2O3/c1-14(2)19-10-15(9-16,11-20-14)17-8-12-4-6-13(18-3)7-5-12/h4-7,17H,8,10-11H2,1-3H3. The van der Waals surface area contributed by atoms with E-state index in [9.17, 15) is 5.26 Å². The van der Waals surface area contributed by atoms with Crippen LogP contribution >= 0.6 is 0 Å². The lowest BCUT2D eigenvalue weighted by atomic mass is 10.0. The number of nitriles is 1. The maximum absolute atomic E-state index is 9.38. The third-order valence-corrected chi connectivity index (χ3v) is 3.34. The molecule has 1 heterocycles. The van der Waals surface area contributed by atoms with Gasteiger partial charge in [0.2, 0.25) is 0 Å². The van der Waals surface area contributed by atoms with E-state index in [-0.39, 0.29) is 0 Å². The van der Waals surface area contributed by atoms with Crippen LogP contribution in [0.5, 0.6) is 5.75 Å². The molecule has 20 heavy (non-hydrogen) atoms. The van der Waals surface area contributed by atoms with Crippen molar-refractivity contribution in [1.29, 1.82) is 5.26 Å². The summed E-state index contributed by atoms with van der Waals surface area (Å²) in [5.41, 5.74) is 0.278. The molecule has 0 radical (unpaired) electrons. The molecule has 1 aliphatic rings. The van der Waals surface area contributed by atoms with E-state index in [4.69, 9.17) is 14.2 Å². The lowest BCUT2D eigenvalue weighted by Gasteiger charge is -2.39. The Morgan fingerprint density at radius 2 is 1.85 bits per heavy atom. The molecular formula is C15H20N2O3. The highest BCUT2D eigenvalue weighted by Crippen LogP contribution is 2.23. The summed E-state index contributed by atoms with van der Waals surface area (Å²) in [7, 11) is 1.64. The average Bonchev–Trinajstić information content (AvgIpc) is 2.47. The summed E-state index contributed by atoms with van der Waals surface area (Å²) < 4.78 is 16.3. The van der Waals surface area contributed by atoms with Gasteiger partial charge in [0.1, 0.15) is 5.75 Å². The van der Waals surface area contributed by atoms with Crippen LogP contribution in [0.3, 0.4) is 0 Å². The SMILES string of the molecule is COc1ccc(CNC2(C#N)COC(C)(C)OC2)cc1. The van der Waals surface area contributed by atoms with Crippen LogP contribution in [-0.4, -0.2) is 31.6 Å². The first-order chi connectivity index (χ1) is 9.49. The minimum atomic E-state index is -0.796. The molecule has 1 aliphatic heterocycles. The number of rotatable bonds is 4. The van der Waals surface area contributed by atoms with E-state index in [1.165, 1.54) is 0 Å². The number of hydrogen-bond donors (Lipinski definition) is 1. The zero-order valence-corrected chi connectivity index (χ0v) is 12.1. The third kappa shape index (κ3) is 3.48. The molecule has 2 rings (SSSR count). The van der Waals surface area contributed by atoms with Gasteiger partial charge < -0.3 is 14.2 Å². The van der Waals surface area contributed by atoms with Crippen molar-refractivity contribution in [2.45, 2.75) is 31.7 Å². The second-order valence-corrected chi connectivity index (χ2v) is 5.37.